The summed E-state index contributed by atoms with van der Waals surface area (Å²) in [4.78, 5) is 39.5. The second-order valence-electron chi connectivity index (χ2n) is 8.57. The molecular weight excluding hydrogens is 416 g/mol. The molecule has 2 aliphatic rings. The van der Waals surface area contributed by atoms with Crippen molar-refractivity contribution in [2.75, 3.05) is 19.0 Å². The number of ketones is 1. The van der Waals surface area contributed by atoms with Gasteiger partial charge >= 0.3 is 5.97 Å². The number of fused-ring (bicyclic) bond motifs is 3. The van der Waals surface area contributed by atoms with Crippen LogP contribution in [0.4, 0.5) is 5.69 Å². The van der Waals surface area contributed by atoms with Crippen LogP contribution in [-0.4, -0.2) is 36.2 Å². The predicted molar refractivity (Wildman–Crippen MR) is 126 cm³/mol. The smallest absolute Gasteiger partial charge is 0.335 e. The highest BCUT2D eigenvalue weighted by Crippen LogP contribution is 2.52. The van der Waals surface area contributed by atoms with E-state index < -0.39 is 11.4 Å². The van der Waals surface area contributed by atoms with Crippen LogP contribution in [0.2, 0.25) is 0 Å². The van der Waals surface area contributed by atoms with E-state index in [0.29, 0.717) is 30.7 Å². The zero-order valence-corrected chi connectivity index (χ0v) is 19.2. The SMILES string of the molecule is COC(=O)C1=C2Nc3ccccc3[C@@]2(CCN(Cc2ccccc2)C(C)=O)C=C(C(C)=O)C1. The van der Waals surface area contributed by atoms with Gasteiger partial charge < -0.3 is 15.0 Å². The Morgan fingerprint density at radius 3 is 2.39 bits per heavy atom. The quantitative estimate of drug-likeness (QED) is 0.650. The number of nitrogens with zero attached hydrogens (tertiary/aromatic N) is 1. The fourth-order valence-corrected chi connectivity index (χ4v) is 4.80. The Bertz CT molecular complexity index is 1170. The van der Waals surface area contributed by atoms with Crippen molar-refractivity contribution in [2.24, 2.45) is 0 Å². The van der Waals surface area contributed by atoms with Gasteiger partial charge in [-0.05, 0) is 36.1 Å². The van der Waals surface area contributed by atoms with E-state index in [2.05, 4.69) is 5.32 Å². The number of carbonyl (C=O) groups excluding carboxylic acids is 3. The third-order valence-corrected chi connectivity index (χ3v) is 6.52. The monoisotopic (exact) mass is 444 g/mol. The van der Waals surface area contributed by atoms with Gasteiger partial charge in [0, 0.05) is 37.8 Å². The number of anilines is 1. The zero-order chi connectivity index (χ0) is 23.6. The number of para-hydroxylation sites is 1. The highest BCUT2D eigenvalue weighted by Gasteiger charge is 2.47. The highest BCUT2D eigenvalue weighted by molar-refractivity contribution is 6.01. The minimum Gasteiger partial charge on any atom is -0.466 e. The van der Waals surface area contributed by atoms with E-state index in [-0.39, 0.29) is 18.1 Å². The van der Waals surface area contributed by atoms with E-state index in [1.54, 1.807) is 11.8 Å². The molecule has 1 amide bonds. The van der Waals surface area contributed by atoms with Crippen molar-refractivity contribution in [1.82, 2.24) is 4.90 Å². The third kappa shape index (κ3) is 4.21. The average Bonchev–Trinajstić information content (AvgIpc) is 3.15. The summed E-state index contributed by atoms with van der Waals surface area (Å²) < 4.78 is 5.07. The van der Waals surface area contributed by atoms with Crippen molar-refractivity contribution in [2.45, 2.75) is 38.6 Å². The minimum atomic E-state index is -0.718. The van der Waals surface area contributed by atoms with Gasteiger partial charge in [-0.1, -0.05) is 54.6 Å². The summed E-state index contributed by atoms with van der Waals surface area (Å²) in [5, 5.41) is 3.42. The maximum atomic E-state index is 12.7. The number of benzene rings is 2. The van der Waals surface area contributed by atoms with Gasteiger partial charge in [0.25, 0.3) is 0 Å². The lowest BCUT2D eigenvalue weighted by atomic mass is 9.70. The van der Waals surface area contributed by atoms with Crippen LogP contribution in [0.15, 0.2) is 77.5 Å². The van der Waals surface area contributed by atoms with Gasteiger partial charge in [-0.15, -0.1) is 0 Å². The Hall–Kier alpha value is -3.67. The molecule has 6 nitrogen and oxygen atoms in total. The number of methoxy groups -OCH3 is 1. The van der Waals surface area contributed by atoms with Crippen molar-refractivity contribution in [3.8, 4) is 0 Å². The fourth-order valence-electron chi connectivity index (χ4n) is 4.80. The van der Waals surface area contributed by atoms with Gasteiger partial charge in [-0.25, -0.2) is 4.79 Å². The molecule has 0 spiro atoms. The van der Waals surface area contributed by atoms with Crippen LogP contribution < -0.4 is 5.32 Å². The molecule has 0 radical (unpaired) electrons. The van der Waals surface area contributed by atoms with Gasteiger partial charge in [-0.3, -0.25) is 9.59 Å². The first-order valence-corrected chi connectivity index (χ1v) is 11.1. The molecule has 0 bridgehead atoms. The van der Waals surface area contributed by atoms with Crippen LogP contribution in [0.3, 0.4) is 0 Å². The second-order valence-corrected chi connectivity index (χ2v) is 8.57. The van der Waals surface area contributed by atoms with E-state index in [9.17, 15) is 14.4 Å². The van der Waals surface area contributed by atoms with Crippen molar-refractivity contribution < 1.29 is 19.1 Å². The van der Waals surface area contributed by atoms with Crippen LogP contribution in [0.1, 0.15) is 37.8 Å². The van der Waals surface area contributed by atoms with Gasteiger partial charge in [0.2, 0.25) is 5.91 Å². The molecule has 0 unspecified atom stereocenters. The minimum absolute atomic E-state index is 0.0280. The van der Waals surface area contributed by atoms with Crippen molar-refractivity contribution in [3.05, 3.63) is 88.6 Å². The fraction of sp³-hybridized carbons (Fsp3) is 0.296. The number of ether oxygens (including phenoxy) is 1. The second kappa shape index (κ2) is 9.06. The number of hydrogen-bond acceptors (Lipinski definition) is 5. The molecule has 4 rings (SSSR count). The summed E-state index contributed by atoms with van der Waals surface area (Å²) in [5.74, 6) is -0.555. The number of Topliss-reactive ketones (excluding diaryl/α,β-unsaturated/α-hetero) is 1. The first kappa shape index (κ1) is 22.5. The van der Waals surface area contributed by atoms with Crippen LogP contribution in [0, 0.1) is 0 Å². The van der Waals surface area contributed by atoms with Crippen molar-refractivity contribution in [1.29, 1.82) is 0 Å². The summed E-state index contributed by atoms with van der Waals surface area (Å²) in [7, 11) is 1.35. The summed E-state index contributed by atoms with van der Waals surface area (Å²) in [6.45, 7) is 4.04. The van der Waals surface area contributed by atoms with Crippen LogP contribution in [0.5, 0.6) is 0 Å². The Morgan fingerprint density at radius 1 is 1.03 bits per heavy atom. The number of allylic oxidation sites excluding steroid dienone is 2. The molecule has 0 saturated heterocycles. The lowest BCUT2D eigenvalue weighted by Gasteiger charge is -2.35. The maximum Gasteiger partial charge on any atom is 0.335 e. The number of rotatable bonds is 7. The standard InChI is InChI=1S/C27H28N2O4/c1-18(30)21-15-22(26(32)33-3)25-27(16-21,23-11-7-8-12-24(23)28-25)13-14-29(19(2)31)17-20-9-5-4-6-10-20/h4-12,16,28H,13-15,17H2,1-3H3/t27-/m1/s1. The number of esters is 1. The summed E-state index contributed by atoms with van der Waals surface area (Å²) in [5.41, 5.74) is 3.99. The van der Waals surface area contributed by atoms with Crippen LogP contribution in [-0.2, 0) is 31.1 Å². The molecule has 2 aromatic rings. The Labute approximate surface area is 193 Å². The van der Waals surface area contributed by atoms with E-state index in [1.165, 1.54) is 14.0 Å². The molecule has 6 heteroatoms. The third-order valence-electron chi connectivity index (χ3n) is 6.52. The molecule has 170 valence electrons. The first-order chi connectivity index (χ1) is 15.9. The number of hydrogen-bond donors (Lipinski definition) is 1. The molecule has 1 atom stereocenters. The molecular formula is C27H28N2O4. The Balaban J connectivity index is 1.77. The largest absolute Gasteiger partial charge is 0.466 e. The number of carbonyl (C=O) groups is 3. The molecule has 2 aromatic carbocycles. The van der Waals surface area contributed by atoms with Crippen LogP contribution >= 0.6 is 0 Å². The molecule has 0 fully saturated rings. The van der Waals surface area contributed by atoms with E-state index in [1.807, 2.05) is 60.7 Å². The lowest BCUT2D eigenvalue weighted by molar-refractivity contribution is -0.136. The molecule has 0 saturated carbocycles. The topological polar surface area (TPSA) is 75.7 Å². The summed E-state index contributed by atoms with van der Waals surface area (Å²) in [6.07, 6.45) is 2.73. The Morgan fingerprint density at radius 2 is 1.73 bits per heavy atom. The average molecular weight is 445 g/mol. The highest BCUT2D eigenvalue weighted by atomic mass is 16.5. The summed E-state index contributed by atoms with van der Waals surface area (Å²) >= 11 is 0. The van der Waals surface area contributed by atoms with Crippen LogP contribution in [0.25, 0.3) is 0 Å². The van der Waals surface area contributed by atoms with Gasteiger partial charge in [-0.2, -0.15) is 0 Å². The summed E-state index contributed by atoms with van der Waals surface area (Å²) in [6, 6.07) is 17.7. The Kier molecular flexibility index (Phi) is 6.18. The van der Waals surface area contributed by atoms with E-state index in [4.69, 9.17) is 4.74 Å². The lowest BCUT2D eigenvalue weighted by Crippen LogP contribution is -2.38. The molecule has 1 aliphatic carbocycles. The van der Waals surface area contributed by atoms with Gasteiger partial charge in [0.15, 0.2) is 5.78 Å². The first-order valence-electron chi connectivity index (χ1n) is 11.1. The maximum absolute atomic E-state index is 12.7. The molecule has 0 aromatic heterocycles. The number of amides is 1. The molecule has 1 N–H and O–H groups in total. The molecule has 33 heavy (non-hydrogen) atoms. The molecule has 1 heterocycles. The normalized spacial score (nSPS) is 18.6. The van der Waals surface area contributed by atoms with Gasteiger partial charge in [0.05, 0.1) is 18.1 Å². The zero-order valence-electron chi connectivity index (χ0n) is 19.2. The van der Waals surface area contributed by atoms with Gasteiger partial charge in [0.1, 0.15) is 0 Å². The molecule has 1 aliphatic heterocycles. The van der Waals surface area contributed by atoms with Crippen molar-refractivity contribution >= 4 is 23.3 Å². The van der Waals surface area contributed by atoms with E-state index >= 15 is 0 Å². The van der Waals surface area contributed by atoms with Crippen molar-refractivity contribution in [3.63, 3.8) is 0 Å². The number of nitrogens with one attached hydrogen (secondary N) is 1. The van der Waals surface area contributed by atoms with E-state index in [0.717, 1.165) is 22.5 Å². The predicted octanol–water partition coefficient (Wildman–Crippen LogP) is 4.13.